The summed E-state index contributed by atoms with van der Waals surface area (Å²) in [5.74, 6) is -0.714. The van der Waals surface area contributed by atoms with Gasteiger partial charge in [0.15, 0.2) is 0 Å². The van der Waals surface area contributed by atoms with Crippen LogP contribution in [0.25, 0.3) is 0 Å². The molecular formula is C13H10Cl2FNO3S. The van der Waals surface area contributed by atoms with Crippen LogP contribution in [0.1, 0.15) is 5.56 Å². The summed E-state index contributed by atoms with van der Waals surface area (Å²) in [6, 6.07) is 7.82. The van der Waals surface area contributed by atoms with Crippen LogP contribution in [0.15, 0.2) is 41.3 Å². The van der Waals surface area contributed by atoms with Crippen molar-refractivity contribution in [3.63, 3.8) is 0 Å². The largest absolute Gasteiger partial charge is 0.392 e. The van der Waals surface area contributed by atoms with Crippen molar-refractivity contribution in [1.29, 1.82) is 0 Å². The molecule has 0 spiro atoms. The molecule has 4 nitrogen and oxygen atoms in total. The first-order chi connectivity index (χ1) is 9.86. The molecule has 2 aromatic carbocycles. The SMILES string of the molecule is O=S(=O)(Nc1ccccc1F)c1ccc(Cl)c(CO)c1Cl. The summed E-state index contributed by atoms with van der Waals surface area (Å²) in [6.07, 6.45) is 0. The molecule has 8 heteroatoms. The lowest BCUT2D eigenvalue weighted by molar-refractivity contribution is 0.282. The van der Waals surface area contributed by atoms with Gasteiger partial charge in [-0.3, -0.25) is 4.72 Å². The molecule has 0 radical (unpaired) electrons. The average Bonchev–Trinajstić information content (AvgIpc) is 2.41. The summed E-state index contributed by atoms with van der Waals surface area (Å²) in [7, 11) is -4.11. The van der Waals surface area contributed by atoms with Gasteiger partial charge in [-0.2, -0.15) is 0 Å². The molecular weight excluding hydrogens is 340 g/mol. The first-order valence-corrected chi connectivity index (χ1v) is 7.96. The number of nitrogens with one attached hydrogen (secondary N) is 1. The third-order valence-corrected chi connectivity index (χ3v) is 5.02. The highest BCUT2D eigenvalue weighted by Gasteiger charge is 2.22. The molecule has 0 bridgehead atoms. The Morgan fingerprint density at radius 3 is 2.43 bits per heavy atom. The van der Waals surface area contributed by atoms with E-state index in [4.69, 9.17) is 23.2 Å². The van der Waals surface area contributed by atoms with E-state index in [0.717, 1.165) is 6.07 Å². The van der Waals surface area contributed by atoms with E-state index in [-0.39, 0.29) is 26.2 Å². The Kier molecular flexibility index (Phi) is 4.73. The van der Waals surface area contributed by atoms with Gasteiger partial charge in [0.2, 0.25) is 0 Å². The fourth-order valence-corrected chi connectivity index (χ4v) is 3.64. The zero-order valence-corrected chi connectivity index (χ0v) is 12.8. The highest BCUT2D eigenvalue weighted by atomic mass is 35.5. The molecule has 0 aliphatic carbocycles. The van der Waals surface area contributed by atoms with E-state index in [2.05, 4.69) is 4.72 Å². The molecule has 0 unspecified atom stereocenters. The number of anilines is 1. The standard InChI is InChI=1S/C13H10Cl2FNO3S/c14-9-5-6-12(13(15)8(9)7-18)21(19,20)17-11-4-2-1-3-10(11)16/h1-6,17-18H,7H2. The number of aliphatic hydroxyl groups is 1. The van der Waals surface area contributed by atoms with Crippen molar-refractivity contribution in [2.75, 3.05) is 4.72 Å². The molecule has 0 aromatic heterocycles. The second-order valence-electron chi connectivity index (χ2n) is 4.08. The Bertz CT molecular complexity index is 781. The van der Waals surface area contributed by atoms with Crippen molar-refractivity contribution in [2.45, 2.75) is 11.5 Å². The van der Waals surface area contributed by atoms with Gasteiger partial charge in [0, 0.05) is 10.6 Å². The maximum absolute atomic E-state index is 13.5. The van der Waals surface area contributed by atoms with Crippen molar-refractivity contribution in [2.24, 2.45) is 0 Å². The maximum Gasteiger partial charge on any atom is 0.263 e. The number of hydrogen-bond donors (Lipinski definition) is 2. The minimum atomic E-state index is -4.11. The number of hydrogen-bond acceptors (Lipinski definition) is 3. The van der Waals surface area contributed by atoms with Gasteiger partial charge in [-0.15, -0.1) is 0 Å². The molecule has 2 N–H and O–H groups in total. The summed E-state index contributed by atoms with van der Waals surface area (Å²) in [6.45, 7) is -0.513. The molecule has 0 fully saturated rings. The molecule has 0 saturated heterocycles. The molecule has 2 aromatic rings. The molecule has 0 amide bonds. The van der Waals surface area contributed by atoms with E-state index in [0.29, 0.717) is 0 Å². The normalized spacial score (nSPS) is 11.4. The summed E-state index contributed by atoms with van der Waals surface area (Å²) in [5, 5.41) is 9.12. The summed E-state index contributed by atoms with van der Waals surface area (Å²) < 4.78 is 40.2. The lowest BCUT2D eigenvalue weighted by Gasteiger charge is -2.12. The van der Waals surface area contributed by atoms with Crippen LogP contribution in [0.4, 0.5) is 10.1 Å². The predicted octanol–water partition coefficient (Wildman–Crippen LogP) is 3.43. The Balaban J connectivity index is 2.48. The van der Waals surface area contributed by atoms with Crippen LogP contribution in [0, 0.1) is 5.82 Å². The van der Waals surface area contributed by atoms with E-state index < -0.39 is 22.4 Å². The first-order valence-electron chi connectivity index (χ1n) is 5.72. The predicted molar refractivity (Wildman–Crippen MR) is 79.6 cm³/mol. The molecule has 0 heterocycles. The monoisotopic (exact) mass is 349 g/mol. The van der Waals surface area contributed by atoms with Gasteiger partial charge in [-0.05, 0) is 24.3 Å². The fourth-order valence-electron chi connectivity index (χ4n) is 1.67. The van der Waals surface area contributed by atoms with E-state index in [9.17, 15) is 17.9 Å². The van der Waals surface area contributed by atoms with E-state index in [1.165, 1.54) is 30.3 Å². The van der Waals surface area contributed by atoms with Crippen LogP contribution in [0.3, 0.4) is 0 Å². The van der Waals surface area contributed by atoms with Crippen molar-refractivity contribution < 1.29 is 17.9 Å². The van der Waals surface area contributed by atoms with E-state index >= 15 is 0 Å². The average molecular weight is 350 g/mol. The van der Waals surface area contributed by atoms with Gasteiger partial charge in [-0.25, -0.2) is 12.8 Å². The zero-order valence-electron chi connectivity index (χ0n) is 10.5. The second-order valence-corrected chi connectivity index (χ2v) is 6.52. The van der Waals surface area contributed by atoms with Crippen LogP contribution in [0.5, 0.6) is 0 Å². The first kappa shape index (κ1) is 16.0. The van der Waals surface area contributed by atoms with E-state index in [1.54, 1.807) is 0 Å². The Labute approximate surface area is 131 Å². The topological polar surface area (TPSA) is 66.4 Å². The highest BCUT2D eigenvalue weighted by molar-refractivity contribution is 7.92. The molecule has 21 heavy (non-hydrogen) atoms. The fraction of sp³-hybridized carbons (Fsp3) is 0.0769. The Morgan fingerprint density at radius 2 is 1.81 bits per heavy atom. The number of para-hydroxylation sites is 1. The minimum Gasteiger partial charge on any atom is -0.392 e. The van der Waals surface area contributed by atoms with Crippen molar-refractivity contribution in [3.8, 4) is 0 Å². The van der Waals surface area contributed by atoms with Crippen LogP contribution >= 0.6 is 23.2 Å². The molecule has 112 valence electrons. The van der Waals surface area contributed by atoms with Crippen molar-refractivity contribution in [3.05, 3.63) is 57.8 Å². The summed E-state index contributed by atoms with van der Waals surface area (Å²) in [5.41, 5.74) is -0.108. The van der Waals surface area contributed by atoms with Gasteiger partial charge >= 0.3 is 0 Å². The Hall–Kier alpha value is -1.34. The quantitative estimate of drug-likeness (QED) is 0.888. The third-order valence-electron chi connectivity index (χ3n) is 2.72. The van der Waals surface area contributed by atoms with Gasteiger partial charge in [0.05, 0.1) is 17.3 Å². The minimum absolute atomic E-state index is 0.0924. The molecule has 0 saturated carbocycles. The lowest BCUT2D eigenvalue weighted by Crippen LogP contribution is -2.15. The third kappa shape index (κ3) is 3.29. The Morgan fingerprint density at radius 1 is 1.14 bits per heavy atom. The van der Waals surface area contributed by atoms with Gasteiger partial charge in [-0.1, -0.05) is 35.3 Å². The number of halogens is 3. The highest BCUT2D eigenvalue weighted by Crippen LogP contribution is 2.32. The van der Waals surface area contributed by atoms with Crippen LogP contribution in [-0.4, -0.2) is 13.5 Å². The van der Waals surface area contributed by atoms with Crippen LogP contribution in [-0.2, 0) is 16.6 Å². The van der Waals surface area contributed by atoms with E-state index in [1.807, 2.05) is 0 Å². The van der Waals surface area contributed by atoms with Crippen molar-refractivity contribution in [1.82, 2.24) is 0 Å². The smallest absolute Gasteiger partial charge is 0.263 e. The molecule has 0 aliphatic rings. The van der Waals surface area contributed by atoms with Crippen molar-refractivity contribution >= 4 is 38.9 Å². The number of rotatable bonds is 4. The van der Waals surface area contributed by atoms with Gasteiger partial charge in [0.1, 0.15) is 10.7 Å². The zero-order chi connectivity index (χ0) is 15.6. The summed E-state index contributed by atoms with van der Waals surface area (Å²) >= 11 is 11.8. The van der Waals surface area contributed by atoms with Gasteiger partial charge in [0.25, 0.3) is 10.0 Å². The molecule has 0 atom stereocenters. The number of benzene rings is 2. The van der Waals surface area contributed by atoms with Crippen LogP contribution in [0.2, 0.25) is 10.0 Å². The number of aliphatic hydroxyl groups excluding tert-OH is 1. The second kappa shape index (κ2) is 6.19. The maximum atomic E-state index is 13.5. The summed E-state index contributed by atoms with van der Waals surface area (Å²) in [4.78, 5) is -0.291. The molecule has 2 rings (SSSR count). The molecule has 0 aliphatic heterocycles. The lowest BCUT2D eigenvalue weighted by atomic mass is 10.2. The number of sulfonamides is 1. The van der Waals surface area contributed by atoms with Gasteiger partial charge < -0.3 is 5.11 Å². The van der Waals surface area contributed by atoms with Crippen LogP contribution < -0.4 is 4.72 Å².